The van der Waals surface area contributed by atoms with Crippen LogP contribution in [0.5, 0.6) is 0 Å². The smallest absolute Gasteiger partial charge is 0.274 e. The van der Waals surface area contributed by atoms with Crippen LogP contribution in [0.15, 0.2) is 24.3 Å². The zero-order valence-corrected chi connectivity index (χ0v) is 15.2. The number of ether oxygens (including phenoxy) is 1. The first kappa shape index (κ1) is 17.9. The maximum Gasteiger partial charge on any atom is 0.274 e. The van der Waals surface area contributed by atoms with Gasteiger partial charge in [-0.1, -0.05) is 29.3 Å². The van der Waals surface area contributed by atoms with E-state index in [0.29, 0.717) is 33.9 Å². The lowest BCUT2D eigenvalue weighted by molar-refractivity contribution is 0.102. The number of aryl methyl sites for hydroxylation is 1. The van der Waals surface area contributed by atoms with Crippen LogP contribution in [0.3, 0.4) is 0 Å². The molecule has 1 aliphatic heterocycles. The molecule has 132 valence electrons. The molecule has 0 bridgehead atoms. The minimum Gasteiger partial charge on any atom is -0.376 e. The first-order valence-corrected chi connectivity index (χ1v) is 8.75. The van der Waals surface area contributed by atoms with E-state index in [1.165, 1.54) is 0 Å². The number of aromatic nitrogens is 2. The van der Waals surface area contributed by atoms with Crippen LogP contribution in [0.25, 0.3) is 0 Å². The molecule has 1 saturated heterocycles. The minimum atomic E-state index is -0.402. The van der Waals surface area contributed by atoms with E-state index in [0.717, 1.165) is 19.4 Å². The number of hydrogen-bond acceptors (Lipinski definition) is 5. The summed E-state index contributed by atoms with van der Waals surface area (Å²) < 4.78 is 5.57. The van der Waals surface area contributed by atoms with E-state index in [1.807, 2.05) is 0 Å². The number of carbonyl (C=O) groups is 1. The van der Waals surface area contributed by atoms with Crippen molar-refractivity contribution >= 4 is 40.6 Å². The van der Waals surface area contributed by atoms with E-state index in [4.69, 9.17) is 27.9 Å². The Morgan fingerprint density at radius 1 is 1.32 bits per heavy atom. The first-order chi connectivity index (χ1) is 12.0. The average molecular weight is 381 g/mol. The molecular formula is C17H18Cl2N4O2. The summed E-state index contributed by atoms with van der Waals surface area (Å²) in [5, 5.41) is 6.63. The monoisotopic (exact) mass is 380 g/mol. The molecule has 1 atom stereocenters. The lowest BCUT2D eigenvalue weighted by Crippen LogP contribution is -2.20. The Morgan fingerprint density at radius 3 is 2.76 bits per heavy atom. The topological polar surface area (TPSA) is 76.1 Å². The van der Waals surface area contributed by atoms with Crippen molar-refractivity contribution in [1.29, 1.82) is 0 Å². The Morgan fingerprint density at radius 2 is 2.08 bits per heavy atom. The zero-order chi connectivity index (χ0) is 17.8. The number of anilines is 2. The van der Waals surface area contributed by atoms with Crippen molar-refractivity contribution < 1.29 is 9.53 Å². The Balaban J connectivity index is 1.73. The van der Waals surface area contributed by atoms with Crippen molar-refractivity contribution in [3.05, 3.63) is 45.8 Å². The molecule has 0 aliphatic carbocycles. The molecule has 1 aromatic heterocycles. The molecule has 1 aliphatic rings. The largest absolute Gasteiger partial charge is 0.376 e. The number of para-hydroxylation sites is 1. The number of rotatable bonds is 5. The highest BCUT2D eigenvalue weighted by Gasteiger charge is 2.17. The van der Waals surface area contributed by atoms with Gasteiger partial charge in [0.05, 0.1) is 21.8 Å². The fraction of sp³-hybridized carbons (Fsp3) is 0.353. The lowest BCUT2D eigenvalue weighted by Gasteiger charge is -2.13. The molecule has 1 aromatic carbocycles. The molecular weight excluding hydrogens is 363 g/mol. The third-order valence-electron chi connectivity index (χ3n) is 3.81. The molecule has 0 spiro atoms. The summed E-state index contributed by atoms with van der Waals surface area (Å²) in [7, 11) is 0. The molecule has 25 heavy (non-hydrogen) atoms. The second-order valence-electron chi connectivity index (χ2n) is 5.75. The second kappa shape index (κ2) is 7.99. The van der Waals surface area contributed by atoms with Crippen LogP contribution < -0.4 is 10.6 Å². The van der Waals surface area contributed by atoms with E-state index in [9.17, 15) is 4.79 Å². The van der Waals surface area contributed by atoms with Crippen LogP contribution in [0.1, 0.15) is 29.2 Å². The molecule has 8 heteroatoms. The predicted octanol–water partition coefficient (Wildman–Crippen LogP) is 3.94. The van der Waals surface area contributed by atoms with Crippen molar-refractivity contribution in [2.75, 3.05) is 23.8 Å². The van der Waals surface area contributed by atoms with E-state index in [2.05, 4.69) is 20.6 Å². The van der Waals surface area contributed by atoms with Crippen LogP contribution in [-0.4, -0.2) is 35.1 Å². The van der Waals surface area contributed by atoms with Gasteiger partial charge in [0.2, 0.25) is 0 Å². The minimum absolute atomic E-state index is 0.175. The number of halogens is 2. The predicted molar refractivity (Wildman–Crippen MR) is 98.6 cm³/mol. The van der Waals surface area contributed by atoms with Gasteiger partial charge in [-0.15, -0.1) is 0 Å². The van der Waals surface area contributed by atoms with Crippen LogP contribution in [-0.2, 0) is 4.74 Å². The van der Waals surface area contributed by atoms with Gasteiger partial charge in [-0.05, 0) is 31.9 Å². The van der Waals surface area contributed by atoms with E-state index < -0.39 is 5.91 Å². The molecule has 3 rings (SSSR count). The summed E-state index contributed by atoms with van der Waals surface area (Å²) in [6, 6.07) is 6.62. The van der Waals surface area contributed by atoms with E-state index >= 15 is 0 Å². The summed E-state index contributed by atoms with van der Waals surface area (Å²) in [5.74, 6) is 0.673. The van der Waals surface area contributed by atoms with Gasteiger partial charge in [0.1, 0.15) is 17.3 Å². The SMILES string of the molecule is Cc1nc(NCC2CCCO2)cc(C(=O)Nc2c(Cl)cccc2Cl)n1. The number of amides is 1. The third kappa shape index (κ3) is 4.60. The Bertz CT molecular complexity index is 759. The van der Waals surface area contributed by atoms with Crippen molar-refractivity contribution in [2.45, 2.75) is 25.9 Å². The van der Waals surface area contributed by atoms with Crippen molar-refractivity contribution in [1.82, 2.24) is 9.97 Å². The number of nitrogens with zero attached hydrogens (tertiary/aromatic N) is 2. The lowest BCUT2D eigenvalue weighted by atomic mass is 10.2. The summed E-state index contributed by atoms with van der Waals surface area (Å²) >= 11 is 12.2. The van der Waals surface area contributed by atoms with Crippen molar-refractivity contribution in [2.24, 2.45) is 0 Å². The van der Waals surface area contributed by atoms with Gasteiger partial charge in [0.25, 0.3) is 5.91 Å². The molecule has 2 aromatic rings. The molecule has 0 radical (unpaired) electrons. The number of nitrogens with one attached hydrogen (secondary N) is 2. The molecule has 0 saturated carbocycles. The highest BCUT2D eigenvalue weighted by Crippen LogP contribution is 2.30. The van der Waals surface area contributed by atoms with Crippen molar-refractivity contribution in [3.63, 3.8) is 0 Å². The maximum atomic E-state index is 12.5. The highest BCUT2D eigenvalue weighted by atomic mass is 35.5. The number of benzene rings is 1. The standard InChI is InChI=1S/C17H18Cl2N4O2/c1-10-21-14(8-15(22-10)20-9-11-4-3-7-25-11)17(24)23-16-12(18)5-2-6-13(16)19/h2,5-6,8,11H,3-4,7,9H2,1H3,(H,23,24)(H,20,21,22). The van der Waals surface area contributed by atoms with Crippen LogP contribution in [0.4, 0.5) is 11.5 Å². The maximum absolute atomic E-state index is 12.5. The quantitative estimate of drug-likeness (QED) is 0.821. The number of carbonyl (C=O) groups excluding carboxylic acids is 1. The van der Waals surface area contributed by atoms with Crippen LogP contribution in [0, 0.1) is 6.92 Å². The van der Waals surface area contributed by atoms with Gasteiger partial charge < -0.3 is 15.4 Å². The second-order valence-corrected chi connectivity index (χ2v) is 6.57. The Kier molecular flexibility index (Phi) is 5.73. The Hall–Kier alpha value is -1.89. The molecule has 2 N–H and O–H groups in total. The van der Waals surface area contributed by atoms with E-state index in [-0.39, 0.29) is 11.8 Å². The molecule has 2 heterocycles. The highest BCUT2D eigenvalue weighted by molar-refractivity contribution is 6.40. The molecule has 6 nitrogen and oxygen atoms in total. The average Bonchev–Trinajstić information content (AvgIpc) is 3.09. The van der Waals surface area contributed by atoms with Gasteiger partial charge in [-0.2, -0.15) is 0 Å². The normalized spacial score (nSPS) is 16.7. The summed E-state index contributed by atoms with van der Waals surface area (Å²) in [4.78, 5) is 21.0. The molecule has 1 fully saturated rings. The Labute approximate surface area is 155 Å². The summed E-state index contributed by atoms with van der Waals surface area (Å²) in [6.45, 7) is 3.17. The summed E-state index contributed by atoms with van der Waals surface area (Å²) in [5.41, 5.74) is 0.597. The zero-order valence-electron chi connectivity index (χ0n) is 13.7. The third-order valence-corrected chi connectivity index (χ3v) is 4.44. The summed E-state index contributed by atoms with van der Waals surface area (Å²) in [6.07, 6.45) is 2.27. The van der Waals surface area contributed by atoms with E-state index in [1.54, 1.807) is 31.2 Å². The fourth-order valence-electron chi connectivity index (χ4n) is 2.59. The van der Waals surface area contributed by atoms with Gasteiger partial charge >= 0.3 is 0 Å². The van der Waals surface area contributed by atoms with Gasteiger partial charge in [-0.25, -0.2) is 9.97 Å². The molecule has 1 unspecified atom stereocenters. The number of hydrogen-bond donors (Lipinski definition) is 2. The fourth-order valence-corrected chi connectivity index (χ4v) is 3.09. The molecule has 1 amide bonds. The first-order valence-electron chi connectivity index (χ1n) is 7.99. The van der Waals surface area contributed by atoms with Crippen molar-refractivity contribution in [3.8, 4) is 0 Å². The van der Waals surface area contributed by atoms with Crippen LogP contribution in [0.2, 0.25) is 10.0 Å². The van der Waals surface area contributed by atoms with Crippen LogP contribution >= 0.6 is 23.2 Å². The van der Waals surface area contributed by atoms with Gasteiger partial charge in [-0.3, -0.25) is 4.79 Å². The van der Waals surface area contributed by atoms with Gasteiger partial charge in [0.15, 0.2) is 0 Å². The van der Waals surface area contributed by atoms with Gasteiger partial charge in [0, 0.05) is 19.2 Å².